The molecule has 0 spiro atoms. The molecule has 0 radical (unpaired) electrons. The molecule has 22 heavy (non-hydrogen) atoms. The van der Waals surface area contributed by atoms with Crippen LogP contribution in [0.4, 0.5) is 0 Å². The molecule has 0 aliphatic carbocycles. The Morgan fingerprint density at radius 1 is 1.05 bits per heavy atom. The van der Waals surface area contributed by atoms with E-state index in [1.54, 1.807) is 13.2 Å². The van der Waals surface area contributed by atoms with Gasteiger partial charge >= 0.3 is 0 Å². The molecule has 0 N–H and O–H groups in total. The average molecular weight is 296 g/mol. The van der Waals surface area contributed by atoms with Crippen molar-refractivity contribution >= 4 is 11.9 Å². The van der Waals surface area contributed by atoms with Crippen LogP contribution in [0, 0.1) is 13.8 Å². The zero-order valence-corrected chi connectivity index (χ0v) is 12.3. The first kappa shape index (κ1) is 15.8. The van der Waals surface area contributed by atoms with Gasteiger partial charge in [0.2, 0.25) is 5.78 Å². The number of fused-ring (bicyclic) bond motifs is 1. The fourth-order valence-electron chi connectivity index (χ4n) is 2.38. The van der Waals surface area contributed by atoms with Gasteiger partial charge in [-0.3, -0.25) is 4.79 Å². The van der Waals surface area contributed by atoms with E-state index in [1.807, 2.05) is 50.2 Å². The summed E-state index contributed by atoms with van der Waals surface area (Å²) in [5, 5.41) is 0. The Morgan fingerprint density at radius 3 is 2.36 bits per heavy atom. The third-order valence-electron chi connectivity index (χ3n) is 3.48. The van der Waals surface area contributed by atoms with E-state index in [1.165, 1.54) is 5.56 Å². The van der Waals surface area contributed by atoms with Gasteiger partial charge in [-0.1, -0.05) is 37.3 Å². The topological polar surface area (TPSA) is 35.5 Å². The predicted molar refractivity (Wildman–Crippen MR) is 88.6 cm³/mol. The highest BCUT2D eigenvalue weighted by molar-refractivity contribution is 6.16. The van der Waals surface area contributed by atoms with Crippen LogP contribution in [0.3, 0.4) is 0 Å². The lowest BCUT2D eigenvalue weighted by molar-refractivity contribution is 0.101. The van der Waals surface area contributed by atoms with Gasteiger partial charge in [0.1, 0.15) is 17.1 Å². The van der Waals surface area contributed by atoms with Gasteiger partial charge in [-0.05, 0) is 43.2 Å². The molecule has 0 saturated heterocycles. The molecular weight excluding hydrogens is 276 g/mol. The Labute approximate surface area is 131 Å². The van der Waals surface area contributed by atoms with Gasteiger partial charge < -0.3 is 9.47 Å². The van der Waals surface area contributed by atoms with Gasteiger partial charge in [0.05, 0.1) is 7.11 Å². The number of benzene rings is 2. The highest BCUT2D eigenvalue weighted by Gasteiger charge is 2.31. The first-order valence-corrected chi connectivity index (χ1v) is 6.78. The number of Topliss-reactive ketones (excluding diaryl/α,β-unsaturated/α-hetero) is 1. The Kier molecular flexibility index (Phi) is 4.36. The highest BCUT2D eigenvalue weighted by atomic mass is 16.5. The Hall–Kier alpha value is -2.55. The summed E-state index contributed by atoms with van der Waals surface area (Å²) in [6.45, 7) is 3.97. The summed E-state index contributed by atoms with van der Waals surface area (Å²) in [6.07, 6.45) is 1.76. The summed E-state index contributed by atoms with van der Waals surface area (Å²) >= 11 is 0. The molecule has 2 aromatic carbocycles. The van der Waals surface area contributed by atoms with Crippen LogP contribution in [0.2, 0.25) is 0 Å². The molecule has 3 heteroatoms. The minimum atomic E-state index is -0.137. The van der Waals surface area contributed by atoms with Gasteiger partial charge in [-0.25, -0.2) is 0 Å². The molecule has 0 bridgehead atoms. The molecule has 0 atom stereocenters. The van der Waals surface area contributed by atoms with Gasteiger partial charge in [-0.15, -0.1) is 0 Å². The smallest absolute Gasteiger partial charge is 0.235 e. The fraction of sp³-hybridized carbons (Fsp3) is 0.211. The molecule has 114 valence electrons. The van der Waals surface area contributed by atoms with Crippen LogP contribution in [-0.2, 0) is 0 Å². The SMILES string of the molecule is C.COc1cc(C)cc2c1C(=O)/C(=C/c1ccc(C)cc1)O2. The standard InChI is InChI=1S/C18H16O3.CH4/c1-11-4-6-13(7-5-11)10-16-18(19)17-14(20-3)8-12(2)9-15(17)21-16;/h4-10H,1-3H3;1H4/b16-10-;. The summed E-state index contributed by atoms with van der Waals surface area (Å²) in [4.78, 5) is 12.5. The van der Waals surface area contributed by atoms with Crippen molar-refractivity contribution < 1.29 is 14.3 Å². The average Bonchev–Trinajstić information content (AvgIpc) is 2.77. The number of ketones is 1. The molecule has 2 aromatic rings. The Balaban J connectivity index is 0.00000176. The molecule has 0 amide bonds. The largest absolute Gasteiger partial charge is 0.496 e. The van der Waals surface area contributed by atoms with E-state index in [9.17, 15) is 4.79 Å². The molecule has 0 fully saturated rings. The van der Waals surface area contributed by atoms with Crippen molar-refractivity contribution in [3.8, 4) is 11.5 Å². The number of aryl methyl sites for hydroxylation is 2. The van der Waals surface area contributed by atoms with E-state index < -0.39 is 0 Å². The molecule has 0 aromatic heterocycles. The van der Waals surface area contributed by atoms with Crippen molar-refractivity contribution in [1.82, 2.24) is 0 Å². The fourth-order valence-corrected chi connectivity index (χ4v) is 2.38. The van der Waals surface area contributed by atoms with E-state index in [0.29, 0.717) is 22.8 Å². The molecule has 0 unspecified atom stereocenters. The second-order valence-corrected chi connectivity index (χ2v) is 5.19. The van der Waals surface area contributed by atoms with Gasteiger partial charge in [0, 0.05) is 0 Å². The number of carbonyl (C=O) groups excluding carboxylic acids is 1. The zero-order chi connectivity index (χ0) is 15.0. The van der Waals surface area contributed by atoms with Crippen molar-refractivity contribution in [2.45, 2.75) is 21.3 Å². The van der Waals surface area contributed by atoms with Crippen molar-refractivity contribution in [2.75, 3.05) is 7.11 Å². The van der Waals surface area contributed by atoms with Crippen molar-refractivity contribution in [3.05, 3.63) is 64.4 Å². The number of carbonyl (C=O) groups is 1. The molecule has 1 aliphatic rings. The van der Waals surface area contributed by atoms with Crippen LogP contribution in [0.1, 0.15) is 34.5 Å². The highest BCUT2D eigenvalue weighted by Crippen LogP contribution is 2.39. The minimum absolute atomic E-state index is 0. The maximum atomic E-state index is 12.5. The van der Waals surface area contributed by atoms with Crippen molar-refractivity contribution in [3.63, 3.8) is 0 Å². The lowest BCUT2D eigenvalue weighted by Gasteiger charge is -2.05. The van der Waals surface area contributed by atoms with E-state index in [4.69, 9.17) is 9.47 Å². The van der Waals surface area contributed by atoms with Gasteiger partial charge in [0.25, 0.3) is 0 Å². The number of allylic oxidation sites excluding steroid dienone is 1. The first-order valence-electron chi connectivity index (χ1n) is 6.78. The van der Waals surface area contributed by atoms with Crippen LogP contribution in [-0.4, -0.2) is 12.9 Å². The lowest BCUT2D eigenvalue weighted by Crippen LogP contribution is -2.00. The second kappa shape index (κ2) is 6.06. The zero-order valence-electron chi connectivity index (χ0n) is 12.3. The summed E-state index contributed by atoms with van der Waals surface area (Å²) in [5.41, 5.74) is 3.61. The Bertz CT molecular complexity index is 740. The lowest BCUT2D eigenvalue weighted by atomic mass is 10.1. The van der Waals surface area contributed by atoms with Crippen LogP contribution in [0.25, 0.3) is 6.08 Å². The summed E-state index contributed by atoms with van der Waals surface area (Å²) in [7, 11) is 1.56. The third-order valence-corrected chi connectivity index (χ3v) is 3.48. The molecule has 3 rings (SSSR count). The molecule has 3 nitrogen and oxygen atoms in total. The number of hydrogen-bond donors (Lipinski definition) is 0. The van der Waals surface area contributed by atoms with Crippen molar-refractivity contribution in [1.29, 1.82) is 0 Å². The van der Waals surface area contributed by atoms with Crippen LogP contribution >= 0.6 is 0 Å². The number of ether oxygens (including phenoxy) is 2. The predicted octanol–water partition coefficient (Wildman–Crippen LogP) is 4.56. The van der Waals surface area contributed by atoms with Crippen LogP contribution < -0.4 is 9.47 Å². The molecule has 0 saturated carbocycles. The summed E-state index contributed by atoms with van der Waals surface area (Å²) in [6, 6.07) is 11.6. The quantitative estimate of drug-likeness (QED) is 0.762. The molecular formula is C19H20O3. The van der Waals surface area contributed by atoms with Gasteiger partial charge in [0.15, 0.2) is 5.76 Å². The van der Waals surface area contributed by atoms with E-state index in [0.717, 1.165) is 11.1 Å². The van der Waals surface area contributed by atoms with Crippen LogP contribution in [0.5, 0.6) is 11.5 Å². The van der Waals surface area contributed by atoms with Gasteiger partial charge in [-0.2, -0.15) is 0 Å². The molecule has 1 heterocycles. The summed E-state index contributed by atoms with van der Waals surface area (Å²) < 4.78 is 11.0. The number of hydrogen-bond acceptors (Lipinski definition) is 3. The third kappa shape index (κ3) is 2.75. The second-order valence-electron chi connectivity index (χ2n) is 5.19. The van der Waals surface area contributed by atoms with E-state index >= 15 is 0 Å². The minimum Gasteiger partial charge on any atom is -0.496 e. The first-order chi connectivity index (χ1) is 10.1. The van der Waals surface area contributed by atoms with E-state index in [-0.39, 0.29) is 13.2 Å². The monoisotopic (exact) mass is 296 g/mol. The van der Waals surface area contributed by atoms with E-state index in [2.05, 4.69) is 0 Å². The number of methoxy groups -OCH3 is 1. The Morgan fingerprint density at radius 2 is 1.73 bits per heavy atom. The maximum Gasteiger partial charge on any atom is 0.235 e. The van der Waals surface area contributed by atoms with Crippen molar-refractivity contribution in [2.24, 2.45) is 0 Å². The summed E-state index contributed by atoms with van der Waals surface area (Å²) in [5.74, 6) is 1.32. The molecule has 1 aliphatic heterocycles. The number of rotatable bonds is 2. The normalized spacial score (nSPS) is 14.3. The van der Waals surface area contributed by atoms with Crippen LogP contribution in [0.15, 0.2) is 42.2 Å². The maximum absolute atomic E-state index is 12.5.